The molecule has 13 nitrogen and oxygen atoms in total. The highest BCUT2D eigenvalue weighted by Crippen LogP contribution is 2.16. The van der Waals surface area contributed by atoms with Crippen molar-refractivity contribution in [2.45, 2.75) is 168 Å². The van der Waals surface area contributed by atoms with E-state index in [1.54, 1.807) is 0 Å². The highest BCUT2D eigenvalue weighted by atomic mass is 16.6. The first kappa shape index (κ1) is 64.1. The van der Waals surface area contributed by atoms with Gasteiger partial charge in [-0.3, -0.25) is 4.79 Å². The van der Waals surface area contributed by atoms with Crippen LogP contribution in [-0.4, -0.2) is 151 Å². The molecule has 0 aliphatic carbocycles. The van der Waals surface area contributed by atoms with Crippen LogP contribution in [0.3, 0.4) is 0 Å². The van der Waals surface area contributed by atoms with Crippen LogP contribution in [0.5, 0.6) is 5.75 Å². The summed E-state index contributed by atoms with van der Waals surface area (Å²) in [5.74, 6) is 0.755. The fourth-order valence-corrected chi connectivity index (χ4v) is 7.27. The molecule has 0 aliphatic heterocycles. The van der Waals surface area contributed by atoms with Gasteiger partial charge >= 0.3 is 5.97 Å². The number of unbranched alkanes of at least 4 members (excludes halogenated alkanes) is 20. The SMILES string of the molecule is CCCCCCCCCCCCCCCCCC(=O)OCCOCCOCCOCCOCCOCCOCCOCCOCCOCCOCCOc1ccc(CCCCCCCCC)cc1. The molecule has 0 unspecified atom stereocenters. The van der Waals surface area contributed by atoms with Gasteiger partial charge in [0.1, 0.15) is 19.0 Å². The van der Waals surface area contributed by atoms with Gasteiger partial charge in [-0.25, -0.2) is 0 Å². The highest BCUT2D eigenvalue weighted by Gasteiger charge is 2.04. The van der Waals surface area contributed by atoms with Gasteiger partial charge in [0.05, 0.1) is 132 Å². The van der Waals surface area contributed by atoms with Crippen LogP contribution in [0, 0.1) is 0 Å². The maximum atomic E-state index is 11.9. The molecule has 0 aromatic heterocycles. The third-order valence-corrected chi connectivity index (χ3v) is 11.3. The Bertz CT molecular complexity index is 1110. The average Bonchev–Trinajstić information content (AvgIpc) is 3.35. The van der Waals surface area contributed by atoms with E-state index in [-0.39, 0.29) is 12.6 Å². The molecule has 13 heteroatoms. The van der Waals surface area contributed by atoms with Crippen molar-refractivity contribution in [3.63, 3.8) is 0 Å². The molecular formula is C55H102O13. The number of esters is 1. The molecule has 0 atom stereocenters. The Morgan fingerprint density at radius 3 is 0.897 bits per heavy atom. The second kappa shape index (κ2) is 56.0. The summed E-state index contributed by atoms with van der Waals surface area (Å²) in [7, 11) is 0. The Morgan fingerprint density at radius 1 is 0.309 bits per heavy atom. The number of rotatable bonds is 58. The van der Waals surface area contributed by atoms with Crippen LogP contribution in [0.15, 0.2) is 24.3 Å². The van der Waals surface area contributed by atoms with Crippen LogP contribution in [0.4, 0.5) is 0 Å². The minimum absolute atomic E-state index is 0.130. The zero-order valence-electron chi connectivity index (χ0n) is 43.6. The first-order valence-corrected chi connectivity index (χ1v) is 27.4. The van der Waals surface area contributed by atoms with Crippen molar-refractivity contribution >= 4 is 5.97 Å². The molecule has 0 N–H and O–H groups in total. The van der Waals surface area contributed by atoms with Crippen molar-refractivity contribution in [1.82, 2.24) is 0 Å². The van der Waals surface area contributed by atoms with Crippen molar-refractivity contribution in [3.05, 3.63) is 29.8 Å². The summed E-state index contributed by atoms with van der Waals surface area (Å²) in [6, 6.07) is 8.46. The minimum Gasteiger partial charge on any atom is -0.491 e. The van der Waals surface area contributed by atoms with Crippen LogP contribution < -0.4 is 4.74 Å². The molecule has 0 spiro atoms. The van der Waals surface area contributed by atoms with E-state index in [1.165, 1.54) is 134 Å². The number of hydrogen-bond acceptors (Lipinski definition) is 13. The second-order valence-electron chi connectivity index (χ2n) is 17.4. The molecule has 68 heavy (non-hydrogen) atoms. The lowest BCUT2D eigenvalue weighted by Crippen LogP contribution is -2.15. The third kappa shape index (κ3) is 50.5. The fourth-order valence-electron chi connectivity index (χ4n) is 7.27. The van der Waals surface area contributed by atoms with Crippen molar-refractivity contribution in [2.75, 3.05) is 145 Å². The number of hydrogen-bond donors (Lipinski definition) is 0. The number of ether oxygens (including phenoxy) is 12. The lowest BCUT2D eigenvalue weighted by Gasteiger charge is -2.09. The number of carbonyl (C=O) groups is 1. The smallest absolute Gasteiger partial charge is 0.305 e. The predicted octanol–water partition coefficient (Wildman–Crippen LogP) is 11.3. The number of benzene rings is 1. The lowest BCUT2D eigenvalue weighted by atomic mass is 10.0. The third-order valence-electron chi connectivity index (χ3n) is 11.3. The molecule has 0 bridgehead atoms. The van der Waals surface area contributed by atoms with E-state index < -0.39 is 0 Å². The minimum atomic E-state index is -0.130. The van der Waals surface area contributed by atoms with Crippen LogP contribution in [-0.2, 0) is 63.3 Å². The van der Waals surface area contributed by atoms with Gasteiger partial charge in [-0.2, -0.15) is 0 Å². The van der Waals surface area contributed by atoms with Crippen molar-refractivity contribution in [3.8, 4) is 5.75 Å². The molecule has 0 saturated heterocycles. The molecule has 400 valence electrons. The molecule has 1 aromatic carbocycles. The van der Waals surface area contributed by atoms with Gasteiger partial charge in [-0.1, -0.05) is 154 Å². The topological polar surface area (TPSA) is 128 Å². The van der Waals surface area contributed by atoms with E-state index in [0.717, 1.165) is 25.0 Å². The summed E-state index contributed by atoms with van der Waals surface area (Å²) < 4.78 is 66.5. The van der Waals surface area contributed by atoms with Gasteiger partial charge in [0.2, 0.25) is 0 Å². The van der Waals surface area contributed by atoms with Crippen molar-refractivity contribution in [2.24, 2.45) is 0 Å². The Labute approximate surface area is 415 Å². The van der Waals surface area contributed by atoms with E-state index in [0.29, 0.717) is 145 Å². The number of carbonyl (C=O) groups excluding carboxylic acids is 1. The summed E-state index contributed by atoms with van der Waals surface area (Å²) in [5, 5.41) is 0. The largest absolute Gasteiger partial charge is 0.491 e. The maximum Gasteiger partial charge on any atom is 0.305 e. The van der Waals surface area contributed by atoms with Gasteiger partial charge in [0.15, 0.2) is 0 Å². The van der Waals surface area contributed by atoms with Crippen LogP contribution in [0.25, 0.3) is 0 Å². The summed E-state index contributed by atoms with van der Waals surface area (Å²) >= 11 is 0. The first-order chi connectivity index (χ1) is 33.8. The Balaban J connectivity index is 1.66. The Kier molecular flexibility index (Phi) is 52.8. The molecule has 0 aliphatic rings. The quantitative estimate of drug-likeness (QED) is 0.0454. The van der Waals surface area contributed by atoms with E-state index in [9.17, 15) is 4.79 Å². The van der Waals surface area contributed by atoms with E-state index >= 15 is 0 Å². The standard InChI is InChI=1S/C55H102O13/c1-3-5-7-9-11-12-13-14-15-16-17-18-20-22-24-26-55(56)68-52-50-66-48-46-64-44-42-62-40-38-60-36-34-58-32-31-57-33-35-59-37-39-61-41-43-63-45-47-65-49-51-67-54-29-27-53(28-30-54)25-23-21-19-10-8-6-4-2/h27-30H,3-26,31-52H2,1-2H3. The normalized spacial score (nSPS) is 11.5. The highest BCUT2D eigenvalue weighted by molar-refractivity contribution is 5.69. The van der Waals surface area contributed by atoms with E-state index in [1.807, 2.05) is 0 Å². The number of aryl methyl sites for hydroxylation is 1. The summed E-state index contributed by atoms with van der Waals surface area (Å²) in [4.78, 5) is 11.9. The predicted molar refractivity (Wildman–Crippen MR) is 272 cm³/mol. The zero-order valence-corrected chi connectivity index (χ0v) is 43.6. The van der Waals surface area contributed by atoms with Gasteiger partial charge in [0.25, 0.3) is 0 Å². The molecular weight excluding hydrogens is 869 g/mol. The average molecular weight is 971 g/mol. The molecule has 1 rings (SSSR count). The van der Waals surface area contributed by atoms with E-state index in [4.69, 9.17) is 56.8 Å². The van der Waals surface area contributed by atoms with Crippen LogP contribution in [0.2, 0.25) is 0 Å². The lowest BCUT2D eigenvalue weighted by molar-refractivity contribution is -0.145. The zero-order chi connectivity index (χ0) is 48.6. The van der Waals surface area contributed by atoms with Crippen LogP contribution in [0.1, 0.15) is 167 Å². The van der Waals surface area contributed by atoms with E-state index in [2.05, 4.69) is 38.1 Å². The summed E-state index contributed by atoms with van der Waals surface area (Å²) in [6.45, 7) is 15.3. The molecule has 0 saturated carbocycles. The van der Waals surface area contributed by atoms with Crippen molar-refractivity contribution < 1.29 is 61.6 Å². The molecule has 0 amide bonds. The van der Waals surface area contributed by atoms with Crippen LogP contribution >= 0.6 is 0 Å². The Hall–Kier alpha value is -1.91. The monoisotopic (exact) mass is 971 g/mol. The first-order valence-electron chi connectivity index (χ1n) is 27.4. The fraction of sp³-hybridized carbons (Fsp3) is 0.873. The molecule has 0 fully saturated rings. The van der Waals surface area contributed by atoms with Crippen molar-refractivity contribution in [1.29, 1.82) is 0 Å². The van der Waals surface area contributed by atoms with Gasteiger partial charge in [-0.05, 0) is 37.0 Å². The molecule has 1 aromatic rings. The Morgan fingerprint density at radius 2 is 0.574 bits per heavy atom. The molecule has 0 radical (unpaired) electrons. The van der Waals surface area contributed by atoms with Gasteiger partial charge < -0.3 is 56.8 Å². The molecule has 0 heterocycles. The second-order valence-corrected chi connectivity index (χ2v) is 17.4. The van der Waals surface area contributed by atoms with Gasteiger partial charge in [-0.15, -0.1) is 0 Å². The summed E-state index contributed by atoms with van der Waals surface area (Å²) in [5.41, 5.74) is 1.38. The van der Waals surface area contributed by atoms with Gasteiger partial charge in [0, 0.05) is 6.42 Å². The maximum absolute atomic E-state index is 11.9. The summed E-state index contributed by atoms with van der Waals surface area (Å²) in [6.07, 6.45) is 30.7.